The number of nitrogens with zero attached hydrogens (tertiary/aromatic N) is 1. The van der Waals surface area contributed by atoms with Gasteiger partial charge >= 0.3 is 6.03 Å². The average Bonchev–Trinajstić information content (AvgIpc) is 3.30. The van der Waals surface area contributed by atoms with Crippen LogP contribution in [0.25, 0.3) is 0 Å². The highest BCUT2D eigenvalue weighted by molar-refractivity contribution is 5.74. The Balaban J connectivity index is 1.50. The minimum absolute atomic E-state index is 0.0337. The molecule has 0 bridgehead atoms. The van der Waals surface area contributed by atoms with Crippen molar-refractivity contribution in [2.24, 2.45) is 0 Å². The zero-order valence-corrected chi connectivity index (χ0v) is 13.8. The molecule has 6 heteroatoms. The summed E-state index contributed by atoms with van der Waals surface area (Å²) in [5, 5.41) is 5.98. The van der Waals surface area contributed by atoms with Crippen LogP contribution in [0.4, 0.5) is 4.79 Å². The van der Waals surface area contributed by atoms with Gasteiger partial charge in [0, 0.05) is 13.2 Å². The smallest absolute Gasteiger partial charge is 0.315 e. The van der Waals surface area contributed by atoms with Crippen LogP contribution >= 0.6 is 0 Å². The zero-order chi connectivity index (χ0) is 16.1. The van der Waals surface area contributed by atoms with E-state index in [2.05, 4.69) is 15.5 Å². The summed E-state index contributed by atoms with van der Waals surface area (Å²) in [7, 11) is 0. The molecule has 0 saturated carbocycles. The summed E-state index contributed by atoms with van der Waals surface area (Å²) < 4.78 is 11.2. The quantitative estimate of drug-likeness (QED) is 0.843. The van der Waals surface area contributed by atoms with Crippen molar-refractivity contribution in [3.05, 3.63) is 24.2 Å². The first-order valence-electron chi connectivity index (χ1n) is 8.67. The first-order valence-corrected chi connectivity index (χ1v) is 8.67. The molecule has 128 valence electrons. The Labute approximate surface area is 137 Å². The van der Waals surface area contributed by atoms with E-state index in [0.29, 0.717) is 6.54 Å². The third kappa shape index (κ3) is 4.26. The van der Waals surface area contributed by atoms with E-state index in [1.807, 2.05) is 19.1 Å². The fraction of sp³-hybridized carbons (Fsp3) is 0.706. The maximum atomic E-state index is 12.2. The van der Waals surface area contributed by atoms with Crippen LogP contribution in [0.1, 0.15) is 44.4 Å². The lowest BCUT2D eigenvalue weighted by atomic mass is 10.1. The van der Waals surface area contributed by atoms with Crippen molar-refractivity contribution in [1.82, 2.24) is 15.5 Å². The largest absolute Gasteiger partial charge is 0.468 e. The van der Waals surface area contributed by atoms with E-state index in [1.54, 1.807) is 6.26 Å². The van der Waals surface area contributed by atoms with Crippen LogP contribution in [0.15, 0.2) is 22.8 Å². The number of hydrogen-bond donors (Lipinski definition) is 2. The summed E-state index contributed by atoms with van der Waals surface area (Å²) in [5.41, 5.74) is 0. The van der Waals surface area contributed by atoms with Gasteiger partial charge in [-0.25, -0.2) is 4.79 Å². The minimum Gasteiger partial charge on any atom is -0.468 e. The van der Waals surface area contributed by atoms with Gasteiger partial charge in [0.05, 0.1) is 24.5 Å². The number of furan rings is 1. The summed E-state index contributed by atoms with van der Waals surface area (Å²) in [6.07, 6.45) is 6.34. The van der Waals surface area contributed by atoms with Gasteiger partial charge in [-0.1, -0.05) is 0 Å². The number of ether oxygens (including phenoxy) is 1. The molecule has 1 aromatic rings. The zero-order valence-electron chi connectivity index (χ0n) is 13.8. The van der Waals surface area contributed by atoms with E-state index in [-0.39, 0.29) is 24.2 Å². The molecule has 3 rings (SSSR count). The number of carbonyl (C=O) groups excluding carboxylic acids is 1. The number of carbonyl (C=O) groups is 1. The lowest BCUT2D eigenvalue weighted by Crippen LogP contribution is -2.47. The number of nitrogens with one attached hydrogen (secondary N) is 2. The fourth-order valence-corrected chi connectivity index (χ4v) is 3.48. The monoisotopic (exact) mass is 321 g/mol. The van der Waals surface area contributed by atoms with E-state index < -0.39 is 0 Å². The minimum atomic E-state index is -0.135. The molecular weight excluding hydrogens is 294 g/mol. The van der Waals surface area contributed by atoms with Crippen molar-refractivity contribution >= 4 is 6.03 Å². The normalized spacial score (nSPS) is 24.5. The predicted octanol–water partition coefficient (Wildman–Crippen LogP) is 2.28. The van der Waals surface area contributed by atoms with Crippen molar-refractivity contribution < 1.29 is 13.9 Å². The molecule has 0 unspecified atom stereocenters. The second kappa shape index (κ2) is 7.84. The van der Waals surface area contributed by atoms with Crippen LogP contribution in [-0.4, -0.2) is 49.3 Å². The number of likely N-dealkylation sites (tertiary alicyclic amines) is 1. The molecule has 2 amide bonds. The van der Waals surface area contributed by atoms with Crippen molar-refractivity contribution in [2.45, 2.75) is 50.8 Å². The summed E-state index contributed by atoms with van der Waals surface area (Å²) in [6.45, 7) is 5.47. The number of hydrogen-bond acceptors (Lipinski definition) is 4. The van der Waals surface area contributed by atoms with Crippen LogP contribution in [0.3, 0.4) is 0 Å². The van der Waals surface area contributed by atoms with Crippen molar-refractivity contribution in [2.75, 3.05) is 26.2 Å². The lowest BCUT2D eigenvalue weighted by Gasteiger charge is -2.27. The standard InChI is InChI=1S/C17H27N3O3/c1-13(15-6-4-10-22-15)19-17(21)18-12-14(16-7-5-11-23-16)20-8-2-3-9-20/h5,7,11,13-15H,2-4,6,8-10,12H2,1H3,(H2,18,19,21)/t13-,14-,15+/m0/s1. The SMILES string of the molecule is C[C@H](NC(=O)NC[C@@H](c1ccco1)N1CCCC1)[C@H]1CCCO1. The Kier molecular flexibility index (Phi) is 5.56. The van der Waals surface area contributed by atoms with Gasteiger partial charge in [-0.2, -0.15) is 0 Å². The Morgan fingerprint density at radius 2 is 2.22 bits per heavy atom. The maximum absolute atomic E-state index is 12.2. The van der Waals surface area contributed by atoms with Gasteiger partial charge in [0.2, 0.25) is 0 Å². The van der Waals surface area contributed by atoms with Crippen LogP contribution in [0, 0.1) is 0 Å². The van der Waals surface area contributed by atoms with Gasteiger partial charge in [-0.05, 0) is 57.8 Å². The lowest BCUT2D eigenvalue weighted by molar-refractivity contribution is 0.0858. The van der Waals surface area contributed by atoms with E-state index in [0.717, 1.165) is 38.3 Å². The molecule has 6 nitrogen and oxygen atoms in total. The molecule has 3 atom stereocenters. The summed E-state index contributed by atoms with van der Waals surface area (Å²) in [4.78, 5) is 14.5. The summed E-state index contributed by atoms with van der Waals surface area (Å²) in [5.74, 6) is 0.916. The first-order chi connectivity index (χ1) is 11.2. The molecule has 23 heavy (non-hydrogen) atoms. The Morgan fingerprint density at radius 3 is 2.87 bits per heavy atom. The molecule has 2 N–H and O–H groups in total. The van der Waals surface area contributed by atoms with Crippen molar-refractivity contribution in [3.8, 4) is 0 Å². The first kappa shape index (κ1) is 16.3. The highest BCUT2D eigenvalue weighted by Crippen LogP contribution is 2.24. The van der Waals surface area contributed by atoms with Gasteiger partial charge in [-0.15, -0.1) is 0 Å². The molecule has 0 spiro atoms. The molecule has 0 aromatic carbocycles. The molecule has 0 aliphatic carbocycles. The van der Waals surface area contributed by atoms with Gasteiger partial charge in [-0.3, -0.25) is 4.90 Å². The molecule has 2 fully saturated rings. The number of urea groups is 1. The third-order valence-corrected chi connectivity index (χ3v) is 4.79. The molecule has 1 aromatic heterocycles. The molecule has 2 aliphatic rings. The maximum Gasteiger partial charge on any atom is 0.315 e. The van der Waals surface area contributed by atoms with Gasteiger partial charge in [0.15, 0.2) is 0 Å². The van der Waals surface area contributed by atoms with Crippen LogP contribution < -0.4 is 10.6 Å². The van der Waals surface area contributed by atoms with Crippen LogP contribution in [0.2, 0.25) is 0 Å². The Morgan fingerprint density at radius 1 is 1.39 bits per heavy atom. The molecule has 2 saturated heterocycles. The summed E-state index contributed by atoms with van der Waals surface area (Å²) >= 11 is 0. The number of rotatable bonds is 6. The molecule has 2 aliphatic heterocycles. The molecule has 3 heterocycles. The van der Waals surface area contributed by atoms with E-state index in [1.165, 1.54) is 12.8 Å². The second-order valence-electron chi connectivity index (χ2n) is 6.47. The van der Waals surface area contributed by atoms with Crippen molar-refractivity contribution in [3.63, 3.8) is 0 Å². The van der Waals surface area contributed by atoms with Crippen LogP contribution in [-0.2, 0) is 4.74 Å². The van der Waals surface area contributed by atoms with Gasteiger partial charge in [0.25, 0.3) is 0 Å². The van der Waals surface area contributed by atoms with Crippen molar-refractivity contribution in [1.29, 1.82) is 0 Å². The van der Waals surface area contributed by atoms with Crippen LogP contribution in [0.5, 0.6) is 0 Å². The highest BCUT2D eigenvalue weighted by atomic mass is 16.5. The van der Waals surface area contributed by atoms with Gasteiger partial charge < -0.3 is 19.8 Å². The topological polar surface area (TPSA) is 66.7 Å². The Bertz CT molecular complexity index is 479. The van der Waals surface area contributed by atoms with E-state index in [4.69, 9.17) is 9.15 Å². The molecule has 0 radical (unpaired) electrons. The average molecular weight is 321 g/mol. The number of amides is 2. The third-order valence-electron chi connectivity index (χ3n) is 4.79. The summed E-state index contributed by atoms with van der Waals surface area (Å²) in [6, 6.07) is 3.89. The predicted molar refractivity (Wildman–Crippen MR) is 87.2 cm³/mol. The van der Waals surface area contributed by atoms with E-state index >= 15 is 0 Å². The fourth-order valence-electron chi connectivity index (χ4n) is 3.48. The molecular formula is C17H27N3O3. The van der Waals surface area contributed by atoms with E-state index in [9.17, 15) is 4.79 Å². The Hall–Kier alpha value is -1.53. The highest BCUT2D eigenvalue weighted by Gasteiger charge is 2.27. The van der Waals surface area contributed by atoms with Gasteiger partial charge in [0.1, 0.15) is 5.76 Å². The second-order valence-corrected chi connectivity index (χ2v) is 6.47.